The normalized spacial score (nSPS) is 22.5. The van der Waals surface area contributed by atoms with E-state index in [-0.39, 0.29) is 17.1 Å². The van der Waals surface area contributed by atoms with Crippen molar-refractivity contribution in [3.8, 4) is 0 Å². The van der Waals surface area contributed by atoms with E-state index in [0.717, 1.165) is 22.0 Å². The zero-order valence-corrected chi connectivity index (χ0v) is 25.5. The third kappa shape index (κ3) is 7.94. The van der Waals surface area contributed by atoms with Crippen LogP contribution in [0.3, 0.4) is 0 Å². The van der Waals surface area contributed by atoms with E-state index in [9.17, 15) is 38.7 Å². The van der Waals surface area contributed by atoms with Crippen molar-refractivity contribution in [1.82, 2.24) is 24.8 Å². The Morgan fingerprint density at radius 2 is 1.63 bits per heavy atom. The highest BCUT2D eigenvalue weighted by Gasteiger charge is 2.46. The molecule has 1 aliphatic rings. The van der Waals surface area contributed by atoms with Crippen molar-refractivity contribution in [2.75, 3.05) is 18.9 Å². The predicted octanol–water partition coefficient (Wildman–Crippen LogP) is 0.867. The van der Waals surface area contributed by atoms with Gasteiger partial charge in [-0.15, -0.1) is 0 Å². The topological polar surface area (TPSA) is 271 Å². The SMILES string of the molecule is Nc1nc2c(ncn2[C@@H]2O[C@H](COP(=O)(O)OP(=O)(O)OCCC(=O)NC(c3ccccc3)c3ccccc3)[C@@H](O)[C@H]2O)c(=O)[nH]1. The minimum Gasteiger partial charge on any atom is -0.387 e. The van der Waals surface area contributed by atoms with Gasteiger partial charge in [0.25, 0.3) is 5.56 Å². The number of carbonyl (C=O) groups excluding carboxylic acids is 1. The number of phosphoric acid groups is 2. The van der Waals surface area contributed by atoms with Crippen LogP contribution in [0.2, 0.25) is 0 Å². The van der Waals surface area contributed by atoms with Gasteiger partial charge in [0.15, 0.2) is 17.4 Å². The van der Waals surface area contributed by atoms with E-state index in [4.69, 9.17) is 19.5 Å². The van der Waals surface area contributed by atoms with Crippen LogP contribution in [0.5, 0.6) is 0 Å². The Kier molecular flexibility index (Phi) is 10.1. The van der Waals surface area contributed by atoms with Crippen molar-refractivity contribution in [3.05, 3.63) is 88.5 Å². The number of amides is 1. The number of nitrogens with zero attached hydrogens (tertiary/aromatic N) is 3. The maximum absolute atomic E-state index is 12.7. The number of aliphatic hydroxyl groups is 2. The summed E-state index contributed by atoms with van der Waals surface area (Å²) in [5, 5.41) is 23.8. The number of carbonyl (C=O) groups is 1. The molecule has 1 aliphatic heterocycles. The summed E-state index contributed by atoms with van der Waals surface area (Å²) >= 11 is 0. The molecule has 46 heavy (non-hydrogen) atoms. The first-order valence-corrected chi connectivity index (χ1v) is 16.6. The van der Waals surface area contributed by atoms with E-state index in [1.807, 2.05) is 60.7 Å². The molecule has 18 nitrogen and oxygen atoms in total. The Balaban J connectivity index is 1.13. The molecule has 2 unspecified atom stereocenters. The Hall–Kier alpha value is -3.80. The first kappa shape index (κ1) is 33.6. The van der Waals surface area contributed by atoms with Crippen LogP contribution in [-0.2, 0) is 32.0 Å². The van der Waals surface area contributed by atoms with Crippen LogP contribution in [0.4, 0.5) is 5.95 Å². The molecule has 20 heteroatoms. The number of benzene rings is 2. The van der Waals surface area contributed by atoms with Crippen molar-refractivity contribution in [1.29, 1.82) is 0 Å². The lowest BCUT2D eigenvalue weighted by Crippen LogP contribution is -2.33. The number of phosphoric ester groups is 2. The highest BCUT2D eigenvalue weighted by atomic mass is 31.3. The van der Waals surface area contributed by atoms with Gasteiger partial charge >= 0.3 is 15.6 Å². The fraction of sp³-hybridized carbons (Fsp3) is 0.308. The number of fused-ring (bicyclic) bond motifs is 1. The average molecular weight is 681 g/mol. The number of H-pyrrole nitrogens is 1. The van der Waals surface area contributed by atoms with Gasteiger partial charge in [0.1, 0.15) is 18.3 Å². The van der Waals surface area contributed by atoms with Crippen molar-refractivity contribution < 1.29 is 52.0 Å². The number of nitrogens with one attached hydrogen (secondary N) is 2. The van der Waals surface area contributed by atoms with Crippen molar-refractivity contribution in [2.24, 2.45) is 0 Å². The smallest absolute Gasteiger partial charge is 0.387 e. The third-order valence-corrected chi connectivity index (χ3v) is 9.46. The largest absolute Gasteiger partial charge is 0.481 e. The molecular formula is C26H30N6O12P2. The van der Waals surface area contributed by atoms with E-state index in [1.165, 1.54) is 0 Å². The van der Waals surface area contributed by atoms with Crippen LogP contribution in [0, 0.1) is 0 Å². The number of nitrogen functional groups attached to an aromatic ring is 1. The van der Waals surface area contributed by atoms with Crippen molar-refractivity contribution >= 4 is 38.7 Å². The Labute approximate surface area is 260 Å². The Morgan fingerprint density at radius 3 is 2.26 bits per heavy atom. The highest BCUT2D eigenvalue weighted by molar-refractivity contribution is 7.61. The number of aromatic amines is 1. The molecule has 1 saturated heterocycles. The van der Waals surface area contributed by atoms with Gasteiger partial charge in [-0.3, -0.25) is 28.2 Å². The fourth-order valence-electron chi connectivity index (χ4n) is 4.71. The molecule has 0 radical (unpaired) electrons. The molecule has 1 amide bonds. The molecule has 4 aromatic rings. The van der Waals surface area contributed by atoms with E-state index in [1.54, 1.807) is 0 Å². The lowest BCUT2D eigenvalue weighted by molar-refractivity contribution is -0.122. The Bertz CT molecular complexity index is 1780. The number of nitrogens with two attached hydrogens (primary N) is 1. The minimum atomic E-state index is -5.32. The van der Waals surface area contributed by atoms with Crippen LogP contribution >= 0.6 is 15.6 Å². The molecule has 0 bridgehead atoms. The van der Waals surface area contributed by atoms with Crippen LogP contribution in [-0.4, -0.2) is 77.0 Å². The summed E-state index contributed by atoms with van der Waals surface area (Å²) in [6, 6.07) is 17.7. The summed E-state index contributed by atoms with van der Waals surface area (Å²) in [5.74, 6) is -0.792. The lowest BCUT2D eigenvalue weighted by Gasteiger charge is -2.20. The molecule has 8 N–H and O–H groups in total. The summed E-state index contributed by atoms with van der Waals surface area (Å²) in [6.07, 6.45) is -5.45. The number of aromatic nitrogens is 4. The first-order chi connectivity index (χ1) is 21.8. The summed E-state index contributed by atoms with van der Waals surface area (Å²) in [7, 11) is -10.5. The van der Waals surface area contributed by atoms with Gasteiger partial charge in [0.2, 0.25) is 11.9 Å². The number of imidazole rings is 1. The summed E-state index contributed by atoms with van der Waals surface area (Å²) < 4.78 is 45.2. The summed E-state index contributed by atoms with van der Waals surface area (Å²) in [5.41, 5.74) is 6.30. The average Bonchev–Trinajstić information content (AvgIpc) is 3.55. The second kappa shape index (κ2) is 13.9. The second-order valence-electron chi connectivity index (χ2n) is 10.0. The number of hydrogen-bond acceptors (Lipinski definition) is 13. The number of aliphatic hydroxyl groups excluding tert-OH is 2. The van der Waals surface area contributed by atoms with Crippen LogP contribution < -0.4 is 16.6 Å². The van der Waals surface area contributed by atoms with Crippen LogP contribution in [0.1, 0.15) is 29.8 Å². The minimum absolute atomic E-state index is 0.0714. The van der Waals surface area contributed by atoms with Crippen molar-refractivity contribution in [3.63, 3.8) is 0 Å². The molecule has 2 aromatic heterocycles. The molecule has 246 valence electrons. The van der Waals surface area contributed by atoms with E-state index in [0.29, 0.717) is 0 Å². The highest BCUT2D eigenvalue weighted by Crippen LogP contribution is 2.60. The molecule has 1 fully saturated rings. The molecule has 0 aliphatic carbocycles. The predicted molar refractivity (Wildman–Crippen MR) is 159 cm³/mol. The molecule has 2 aromatic carbocycles. The zero-order chi connectivity index (χ0) is 33.1. The van der Waals surface area contributed by atoms with E-state index in [2.05, 4.69) is 24.6 Å². The molecule has 6 atom stereocenters. The maximum atomic E-state index is 12.7. The number of anilines is 1. The quantitative estimate of drug-likeness (QED) is 0.0965. The molecule has 0 spiro atoms. The fourth-order valence-corrected chi connectivity index (χ4v) is 6.79. The van der Waals surface area contributed by atoms with Gasteiger partial charge in [-0.1, -0.05) is 60.7 Å². The van der Waals surface area contributed by atoms with Crippen LogP contribution in [0.15, 0.2) is 71.8 Å². The summed E-state index contributed by atoms with van der Waals surface area (Å²) in [4.78, 5) is 54.8. The van der Waals surface area contributed by atoms with Gasteiger partial charge in [-0.05, 0) is 11.1 Å². The van der Waals surface area contributed by atoms with E-state index >= 15 is 0 Å². The monoisotopic (exact) mass is 680 g/mol. The van der Waals surface area contributed by atoms with Crippen molar-refractivity contribution in [2.45, 2.75) is 37.0 Å². The lowest BCUT2D eigenvalue weighted by atomic mass is 9.98. The first-order valence-electron chi connectivity index (χ1n) is 13.6. The maximum Gasteiger partial charge on any atom is 0.481 e. The van der Waals surface area contributed by atoms with Crippen LogP contribution in [0.25, 0.3) is 11.2 Å². The molecule has 3 heterocycles. The number of ether oxygens (including phenoxy) is 1. The molecular weight excluding hydrogens is 650 g/mol. The molecule has 5 rings (SSSR count). The standard InChI is InChI=1S/C26H30N6O12P2/c27-26-30-23-20(24(36)31-26)28-14-32(23)25-22(35)21(34)17(43-25)13-42-46(39,40)44-45(37,38)41-12-11-18(33)29-19(15-7-3-1-4-8-15)16-9-5-2-6-10-16/h1-10,14,17,19,21-22,25,34-35H,11-13H2,(H,29,33)(H,37,38)(H,39,40)(H3,27,30,31,36)/t17-,21-,22-,25-/m1/s1. The Morgan fingerprint density at radius 1 is 1.02 bits per heavy atom. The van der Waals surface area contributed by atoms with Gasteiger partial charge in [0, 0.05) is 0 Å². The van der Waals surface area contributed by atoms with Gasteiger partial charge in [-0.2, -0.15) is 9.29 Å². The van der Waals surface area contributed by atoms with E-state index < -0.39 is 77.3 Å². The third-order valence-electron chi connectivity index (χ3n) is 6.83. The second-order valence-corrected chi connectivity index (χ2v) is 13.1. The van der Waals surface area contributed by atoms with Gasteiger partial charge < -0.3 is 35.8 Å². The summed E-state index contributed by atoms with van der Waals surface area (Å²) in [6.45, 7) is -1.55. The number of hydrogen-bond donors (Lipinski definition) is 7. The molecule has 0 saturated carbocycles. The van der Waals surface area contributed by atoms with Gasteiger partial charge in [-0.25, -0.2) is 14.1 Å². The number of rotatable bonds is 13. The zero-order valence-electron chi connectivity index (χ0n) is 23.7. The van der Waals surface area contributed by atoms with Gasteiger partial charge in [0.05, 0.1) is 32.0 Å².